The molecule has 1 unspecified atom stereocenters. The van der Waals surface area contributed by atoms with Crippen molar-refractivity contribution < 1.29 is 9.15 Å². The van der Waals surface area contributed by atoms with Crippen molar-refractivity contribution in [3.8, 4) is 5.75 Å². The molecule has 1 heterocycles. The highest BCUT2D eigenvalue weighted by Crippen LogP contribution is 2.40. The first-order valence-electron chi connectivity index (χ1n) is 6.25. The molecule has 1 N–H and O–H groups in total. The number of methoxy groups -OCH3 is 1. The predicted molar refractivity (Wildman–Crippen MR) is 87.5 cm³/mol. The van der Waals surface area contributed by atoms with Crippen LogP contribution in [0.15, 0.2) is 32.0 Å². The van der Waals surface area contributed by atoms with Gasteiger partial charge in [-0.15, -0.1) is 0 Å². The third kappa shape index (κ3) is 2.67. The highest BCUT2D eigenvalue weighted by atomic mass is 79.9. The number of rotatable bonds is 4. The number of benzene rings is 1. The third-order valence-electron chi connectivity index (χ3n) is 3.45. The van der Waals surface area contributed by atoms with Gasteiger partial charge in [0, 0.05) is 15.6 Å². The second kappa shape index (κ2) is 6.33. The number of halogens is 2. The maximum Gasteiger partial charge on any atom is 0.174 e. The van der Waals surface area contributed by atoms with E-state index in [1.54, 1.807) is 13.4 Å². The fraction of sp³-hybridized carbons (Fsp3) is 0.333. The predicted octanol–water partition coefficient (Wildman–Crippen LogP) is 4.74. The summed E-state index contributed by atoms with van der Waals surface area (Å²) < 4.78 is 12.8. The summed E-state index contributed by atoms with van der Waals surface area (Å²) in [5.41, 5.74) is 4.41. The van der Waals surface area contributed by atoms with E-state index in [0.717, 1.165) is 37.1 Å². The summed E-state index contributed by atoms with van der Waals surface area (Å²) in [7, 11) is 3.63. The van der Waals surface area contributed by atoms with Gasteiger partial charge in [-0.25, -0.2) is 0 Å². The number of hydrogen-bond acceptors (Lipinski definition) is 3. The second-order valence-corrected chi connectivity index (χ2v) is 6.19. The van der Waals surface area contributed by atoms with E-state index in [2.05, 4.69) is 50.2 Å². The van der Waals surface area contributed by atoms with Crippen LogP contribution in [-0.2, 0) is 0 Å². The summed E-state index contributed by atoms with van der Waals surface area (Å²) in [6.45, 7) is 4.13. The van der Waals surface area contributed by atoms with Crippen LogP contribution in [0.25, 0.3) is 0 Å². The summed E-state index contributed by atoms with van der Waals surface area (Å²) in [5.74, 6) is 0.901. The molecule has 0 aliphatic rings. The lowest BCUT2D eigenvalue weighted by atomic mass is 9.93. The smallest absolute Gasteiger partial charge is 0.174 e. The molecule has 0 saturated carbocycles. The molecular weight excluding hydrogens is 386 g/mol. The van der Waals surface area contributed by atoms with Crippen LogP contribution in [0.5, 0.6) is 5.75 Å². The molecular formula is C15H17Br2NO2. The van der Waals surface area contributed by atoms with Crippen molar-refractivity contribution in [1.29, 1.82) is 0 Å². The van der Waals surface area contributed by atoms with Crippen LogP contribution in [0.1, 0.15) is 28.3 Å². The minimum atomic E-state index is -0.00530. The summed E-state index contributed by atoms with van der Waals surface area (Å²) in [5, 5.41) is 3.34. The molecule has 0 saturated heterocycles. The van der Waals surface area contributed by atoms with E-state index in [-0.39, 0.29) is 6.04 Å². The van der Waals surface area contributed by atoms with E-state index in [4.69, 9.17) is 9.15 Å². The van der Waals surface area contributed by atoms with Crippen molar-refractivity contribution in [2.45, 2.75) is 19.9 Å². The highest BCUT2D eigenvalue weighted by Gasteiger charge is 2.25. The minimum absolute atomic E-state index is 0.00530. The number of furan rings is 1. The van der Waals surface area contributed by atoms with E-state index in [1.165, 1.54) is 0 Å². The Balaban J connectivity index is 2.69. The molecule has 2 rings (SSSR count). The molecule has 3 nitrogen and oxygen atoms in total. The Hall–Kier alpha value is -0.780. The van der Waals surface area contributed by atoms with E-state index in [0.29, 0.717) is 0 Å². The maximum absolute atomic E-state index is 5.63. The number of ether oxygens (including phenoxy) is 1. The van der Waals surface area contributed by atoms with Gasteiger partial charge in [-0.2, -0.15) is 0 Å². The van der Waals surface area contributed by atoms with Crippen molar-refractivity contribution in [2.24, 2.45) is 0 Å². The number of hydrogen-bond donors (Lipinski definition) is 1. The van der Waals surface area contributed by atoms with Gasteiger partial charge >= 0.3 is 0 Å². The van der Waals surface area contributed by atoms with Gasteiger partial charge in [-0.1, -0.05) is 15.9 Å². The van der Waals surface area contributed by atoms with Gasteiger partial charge in [0.1, 0.15) is 5.75 Å². The maximum atomic E-state index is 5.63. The Morgan fingerprint density at radius 3 is 2.50 bits per heavy atom. The fourth-order valence-electron chi connectivity index (χ4n) is 2.46. The highest BCUT2D eigenvalue weighted by molar-refractivity contribution is 9.10. The molecule has 2 aromatic rings. The van der Waals surface area contributed by atoms with Gasteiger partial charge in [-0.3, -0.25) is 0 Å². The van der Waals surface area contributed by atoms with Gasteiger partial charge in [0.15, 0.2) is 4.67 Å². The first kappa shape index (κ1) is 15.6. The largest absolute Gasteiger partial charge is 0.496 e. The molecule has 1 aromatic heterocycles. The fourth-order valence-corrected chi connectivity index (χ4v) is 3.49. The number of aryl methyl sites for hydroxylation is 1. The molecule has 1 aromatic carbocycles. The van der Waals surface area contributed by atoms with Gasteiger partial charge in [0.25, 0.3) is 0 Å². The van der Waals surface area contributed by atoms with Gasteiger partial charge in [0.2, 0.25) is 0 Å². The zero-order chi connectivity index (χ0) is 14.9. The van der Waals surface area contributed by atoms with Crippen molar-refractivity contribution in [3.63, 3.8) is 0 Å². The lowest BCUT2D eigenvalue weighted by Gasteiger charge is -2.23. The van der Waals surface area contributed by atoms with Crippen molar-refractivity contribution >= 4 is 31.9 Å². The first-order chi connectivity index (χ1) is 9.51. The average molecular weight is 403 g/mol. The van der Waals surface area contributed by atoms with Crippen LogP contribution in [0.2, 0.25) is 0 Å². The van der Waals surface area contributed by atoms with Gasteiger partial charge < -0.3 is 14.5 Å². The number of nitrogens with one attached hydrogen (secondary N) is 1. The van der Waals surface area contributed by atoms with Crippen molar-refractivity contribution in [2.75, 3.05) is 14.2 Å². The Morgan fingerprint density at radius 2 is 2.00 bits per heavy atom. The lowest BCUT2D eigenvalue weighted by Crippen LogP contribution is -2.20. The van der Waals surface area contributed by atoms with Crippen molar-refractivity contribution in [3.05, 3.63) is 49.8 Å². The molecule has 0 fully saturated rings. The average Bonchev–Trinajstić information content (AvgIpc) is 2.83. The second-order valence-electron chi connectivity index (χ2n) is 4.62. The Morgan fingerprint density at radius 1 is 1.30 bits per heavy atom. The van der Waals surface area contributed by atoms with E-state index >= 15 is 0 Å². The SMILES string of the molecule is CNC(c1ccoc1Br)c1c(C)c(Br)cc(C)c1OC. The summed E-state index contributed by atoms with van der Waals surface area (Å²) >= 11 is 7.07. The van der Waals surface area contributed by atoms with E-state index < -0.39 is 0 Å². The standard InChI is InChI=1S/C15H17Br2NO2/c1-8-7-11(16)9(2)12(14(8)19-4)13(18-3)10-5-6-20-15(10)17/h5-7,13,18H,1-4H3. The summed E-state index contributed by atoms with van der Waals surface area (Å²) in [6, 6.07) is 4.03. The van der Waals surface area contributed by atoms with Crippen LogP contribution in [0.3, 0.4) is 0 Å². The molecule has 0 aliphatic carbocycles. The van der Waals surface area contributed by atoms with Crippen LogP contribution >= 0.6 is 31.9 Å². The topological polar surface area (TPSA) is 34.4 Å². The molecule has 0 radical (unpaired) electrons. The Kier molecular flexibility index (Phi) is 4.94. The molecule has 5 heteroatoms. The first-order valence-corrected chi connectivity index (χ1v) is 7.83. The minimum Gasteiger partial charge on any atom is -0.496 e. The van der Waals surface area contributed by atoms with Gasteiger partial charge in [-0.05, 0) is 60.1 Å². The van der Waals surface area contributed by atoms with Crippen LogP contribution in [-0.4, -0.2) is 14.2 Å². The lowest BCUT2D eigenvalue weighted by molar-refractivity contribution is 0.401. The Bertz CT molecular complexity index is 623. The van der Waals surface area contributed by atoms with Crippen LogP contribution in [0.4, 0.5) is 0 Å². The zero-order valence-corrected chi connectivity index (χ0v) is 15.1. The molecule has 20 heavy (non-hydrogen) atoms. The molecule has 0 aliphatic heterocycles. The quantitative estimate of drug-likeness (QED) is 0.801. The molecule has 108 valence electrons. The van der Waals surface area contributed by atoms with Crippen LogP contribution in [0, 0.1) is 13.8 Å². The van der Waals surface area contributed by atoms with Crippen molar-refractivity contribution in [1.82, 2.24) is 5.32 Å². The van der Waals surface area contributed by atoms with Crippen LogP contribution < -0.4 is 10.1 Å². The van der Waals surface area contributed by atoms with E-state index in [9.17, 15) is 0 Å². The summed E-state index contributed by atoms with van der Waals surface area (Å²) in [4.78, 5) is 0. The zero-order valence-electron chi connectivity index (χ0n) is 11.9. The monoisotopic (exact) mass is 401 g/mol. The molecule has 1 atom stereocenters. The van der Waals surface area contributed by atoms with Gasteiger partial charge in [0.05, 0.1) is 19.4 Å². The van der Waals surface area contributed by atoms with E-state index in [1.807, 2.05) is 20.0 Å². The third-order valence-corrected chi connectivity index (χ3v) is 4.92. The molecule has 0 spiro atoms. The summed E-state index contributed by atoms with van der Waals surface area (Å²) in [6.07, 6.45) is 1.68. The normalized spacial score (nSPS) is 12.5. The molecule has 0 amide bonds. The molecule has 0 bridgehead atoms. The Labute approximate surface area is 136 Å².